The fourth-order valence-electron chi connectivity index (χ4n) is 5.79. The van der Waals surface area contributed by atoms with Crippen molar-refractivity contribution in [1.82, 2.24) is 45.9 Å². The second kappa shape index (κ2) is 12.9. The van der Waals surface area contributed by atoms with Gasteiger partial charge < -0.3 is 31.9 Å². The Bertz CT molecular complexity index is 1570. The maximum absolute atomic E-state index is 12.5. The zero-order valence-corrected chi connectivity index (χ0v) is 25.2. The minimum absolute atomic E-state index is 0.0458. The van der Waals surface area contributed by atoms with Crippen molar-refractivity contribution in [2.45, 2.75) is 32.0 Å². The number of para-hydroxylation sites is 1. The van der Waals surface area contributed by atoms with Crippen molar-refractivity contribution in [2.24, 2.45) is 0 Å². The number of nitrogen functional groups attached to an aromatic ring is 1. The molecular formula is C28H38N12O2S. The number of carbonyl (C=O) groups excluding carboxylic acids is 2. The van der Waals surface area contributed by atoms with Crippen LogP contribution in [0.4, 0.5) is 10.9 Å². The fraction of sp³-hybridized carbons (Fsp3) is 0.500. The zero-order valence-electron chi connectivity index (χ0n) is 24.4. The lowest BCUT2D eigenvalue weighted by Crippen LogP contribution is -2.59. The first kappa shape index (κ1) is 29.3. The van der Waals surface area contributed by atoms with Crippen LogP contribution in [-0.2, 0) is 9.59 Å². The van der Waals surface area contributed by atoms with Crippen LogP contribution in [-0.4, -0.2) is 107 Å². The third-order valence-corrected chi connectivity index (χ3v) is 8.85. The van der Waals surface area contributed by atoms with Gasteiger partial charge in [-0.25, -0.2) is 24.6 Å². The number of rotatable bonds is 5. The van der Waals surface area contributed by atoms with E-state index in [-0.39, 0.29) is 29.7 Å². The molecule has 228 valence electrons. The number of hydrogen-bond acceptors (Lipinski definition) is 14. The summed E-state index contributed by atoms with van der Waals surface area (Å²) in [6, 6.07) is 7.27. The highest BCUT2D eigenvalue weighted by Gasteiger charge is 2.33. The molecule has 0 amide bonds. The van der Waals surface area contributed by atoms with E-state index in [9.17, 15) is 9.59 Å². The summed E-state index contributed by atoms with van der Waals surface area (Å²) in [7, 11) is 0. The van der Waals surface area contributed by atoms with Crippen LogP contribution in [0.15, 0.2) is 30.6 Å². The van der Waals surface area contributed by atoms with Gasteiger partial charge in [0, 0.05) is 58.9 Å². The number of anilines is 2. The van der Waals surface area contributed by atoms with Crippen LogP contribution in [0.25, 0.3) is 21.4 Å². The lowest BCUT2D eigenvalue weighted by molar-refractivity contribution is -0.119. The van der Waals surface area contributed by atoms with Crippen molar-refractivity contribution >= 4 is 55.2 Å². The van der Waals surface area contributed by atoms with Crippen LogP contribution in [0.1, 0.15) is 25.7 Å². The molecular weight excluding hydrogens is 568 g/mol. The molecule has 3 atom stereocenters. The van der Waals surface area contributed by atoms with Gasteiger partial charge in [-0.15, -0.1) is 0 Å². The molecule has 6 N–H and O–H groups in total. The first-order valence-corrected chi connectivity index (χ1v) is 15.5. The van der Waals surface area contributed by atoms with Crippen molar-refractivity contribution in [2.75, 3.05) is 74.5 Å². The third kappa shape index (κ3) is 6.17. The van der Waals surface area contributed by atoms with Gasteiger partial charge >= 0.3 is 0 Å². The molecule has 3 unspecified atom stereocenters. The predicted molar refractivity (Wildman–Crippen MR) is 168 cm³/mol. The molecule has 14 nitrogen and oxygen atoms in total. The maximum Gasteiger partial charge on any atom is 0.184 e. The molecule has 7 rings (SSSR count). The molecule has 3 saturated heterocycles. The molecule has 15 heteroatoms. The number of benzene rings is 1. The van der Waals surface area contributed by atoms with Crippen molar-refractivity contribution < 1.29 is 9.59 Å². The molecule has 3 aromatic heterocycles. The normalized spacial score (nSPS) is 22.8. The first-order valence-electron chi connectivity index (χ1n) is 14.7. The van der Waals surface area contributed by atoms with Gasteiger partial charge in [0.05, 0.1) is 16.3 Å². The smallest absolute Gasteiger partial charge is 0.184 e. The summed E-state index contributed by atoms with van der Waals surface area (Å²) in [5.74, 6) is 1.53. The molecule has 3 aliphatic rings. The lowest BCUT2D eigenvalue weighted by atomic mass is 10.1. The highest BCUT2D eigenvalue weighted by atomic mass is 32.1. The maximum atomic E-state index is 12.5. The first-order chi connectivity index (χ1) is 20.9. The summed E-state index contributed by atoms with van der Waals surface area (Å²) >= 11 is 1.52. The Morgan fingerprint density at radius 2 is 1.65 bits per heavy atom. The average Bonchev–Trinajstić information content (AvgIpc) is 3.64. The number of imidazole rings is 1. The Morgan fingerprint density at radius 1 is 0.907 bits per heavy atom. The van der Waals surface area contributed by atoms with E-state index in [1.54, 1.807) is 20.2 Å². The predicted octanol–water partition coefficient (Wildman–Crippen LogP) is -0.195. The van der Waals surface area contributed by atoms with E-state index in [1.807, 2.05) is 34.0 Å². The van der Waals surface area contributed by atoms with Crippen molar-refractivity contribution in [1.29, 1.82) is 0 Å². The molecule has 3 aliphatic heterocycles. The van der Waals surface area contributed by atoms with Crippen molar-refractivity contribution in [3.63, 3.8) is 0 Å². The topological polar surface area (TPSA) is 171 Å². The Balaban J connectivity index is 0.000000277. The number of ketones is 2. The molecule has 0 aliphatic carbocycles. The number of thiazole rings is 1. The second-order valence-corrected chi connectivity index (χ2v) is 12.0. The number of fused-ring (bicyclic) bond motifs is 2. The van der Waals surface area contributed by atoms with E-state index in [2.05, 4.69) is 31.2 Å². The zero-order chi connectivity index (χ0) is 29.9. The van der Waals surface area contributed by atoms with E-state index < -0.39 is 0 Å². The number of Topliss-reactive ketones (excluding diaryl/α,β-unsaturated/α-hetero) is 2. The number of nitrogens with one attached hydrogen (secondary N) is 4. The summed E-state index contributed by atoms with van der Waals surface area (Å²) < 4.78 is 3.05. The largest absolute Gasteiger partial charge is 0.375 e. The van der Waals surface area contributed by atoms with Crippen LogP contribution >= 0.6 is 11.3 Å². The Labute approximate surface area is 253 Å². The van der Waals surface area contributed by atoms with Gasteiger partial charge in [0.15, 0.2) is 39.5 Å². The van der Waals surface area contributed by atoms with Gasteiger partial charge in [-0.05, 0) is 26.0 Å². The van der Waals surface area contributed by atoms with Gasteiger partial charge in [0.25, 0.3) is 0 Å². The number of nitrogens with two attached hydrogens (primary N) is 1. The highest BCUT2D eigenvalue weighted by Crippen LogP contribution is 2.28. The van der Waals surface area contributed by atoms with E-state index in [0.717, 1.165) is 42.9 Å². The summed E-state index contributed by atoms with van der Waals surface area (Å²) in [6.45, 7) is 9.69. The molecule has 0 spiro atoms. The average molecular weight is 607 g/mol. The number of piperazine rings is 3. The Kier molecular flexibility index (Phi) is 8.76. The molecule has 6 heterocycles. The summed E-state index contributed by atoms with van der Waals surface area (Å²) in [5, 5.41) is 16.2. The Hall–Kier alpha value is -3.76. The van der Waals surface area contributed by atoms with Crippen LogP contribution < -0.4 is 36.9 Å². The van der Waals surface area contributed by atoms with E-state index >= 15 is 0 Å². The number of carbonyl (C=O) groups is 2. The standard InChI is InChI=1S/C21H32N10O2.C7H6N2S/c1-13(32)16-10-23-5-7-29(16)20-18-21(28-19(27-20)15-9-22-3-4-25-15)31(12-26-18)30-8-6-24-11-17(30)14(2)33;8-7-9-5-3-1-2-4-6(5)10-7/h12,15-17,22-25H,3-11H2,1-2H3;1-4H,(H2,8,9). The monoisotopic (exact) mass is 606 g/mol. The van der Waals surface area contributed by atoms with E-state index in [1.165, 1.54) is 11.3 Å². The van der Waals surface area contributed by atoms with Crippen LogP contribution in [0, 0.1) is 0 Å². The Morgan fingerprint density at radius 3 is 2.40 bits per heavy atom. The SMILES string of the molecule is CC(=O)C1CNCCN1c1nc(C2CNCCN2)nc2c1ncn2N1CCNCC1C(C)=O.Nc1nc2ccccc2s1. The van der Waals surface area contributed by atoms with Gasteiger partial charge in [-0.3, -0.25) is 14.6 Å². The van der Waals surface area contributed by atoms with Gasteiger partial charge in [0.1, 0.15) is 18.4 Å². The summed E-state index contributed by atoms with van der Waals surface area (Å²) in [6.07, 6.45) is 1.73. The number of hydrogen-bond donors (Lipinski definition) is 5. The molecule has 0 saturated carbocycles. The van der Waals surface area contributed by atoms with Crippen LogP contribution in [0.2, 0.25) is 0 Å². The van der Waals surface area contributed by atoms with E-state index in [0.29, 0.717) is 54.1 Å². The van der Waals surface area contributed by atoms with Crippen molar-refractivity contribution in [3.05, 3.63) is 36.4 Å². The van der Waals surface area contributed by atoms with Crippen molar-refractivity contribution in [3.8, 4) is 0 Å². The highest BCUT2D eigenvalue weighted by molar-refractivity contribution is 7.22. The summed E-state index contributed by atoms with van der Waals surface area (Å²) in [4.78, 5) is 45.6. The number of nitrogens with zero attached hydrogens (tertiary/aromatic N) is 7. The van der Waals surface area contributed by atoms with Crippen LogP contribution in [0.3, 0.4) is 0 Å². The lowest BCUT2D eigenvalue weighted by Gasteiger charge is -2.37. The minimum Gasteiger partial charge on any atom is -0.375 e. The number of aromatic nitrogens is 5. The van der Waals surface area contributed by atoms with Gasteiger partial charge in [-0.2, -0.15) is 0 Å². The second-order valence-electron chi connectivity index (χ2n) is 10.9. The quantitative estimate of drug-likeness (QED) is 0.203. The van der Waals surface area contributed by atoms with E-state index in [4.69, 9.17) is 20.7 Å². The third-order valence-electron chi connectivity index (χ3n) is 7.99. The minimum atomic E-state index is -0.309. The molecule has 1 aromatic carbocycles. The molecule has 43 heavy (non-hydrogen) atoms. The molecule has 0 radical (unpaired) electrons. The van der Waals surface area contributed by atoms with Gasteiger partial charge in [0.2, 0.25) is 0 Å². The molecule has 0 bridgehead atoms. The molecule has 4 aromatic rings. The fourth-order valence-corrected chi connectivity index (χ4v) is 6.52. The summed E-state index contributed by atoms with van der Waals surface area (Å²) in [5.41, 5.74) is 7.80. The molecule has 3 fully saturated rings. The van der Waals surface area contributed by atoms with Gasteiger partial charge in [-0.1, -0.05) is 23.5 Å². The van der Waals surface area contributed by atoms with Crippen LogP contribution in [0.5, 0.6) is 0 Å².